The standard InChI is InChI=1S/C15H28N2O2/c1-4-17(13-5-6-13)10-14(18)16-9-12-7-8-19-15(12)11(2)3/h11-13,15H,4-10H2,1-3H3,(H,16,18)/t12-,15-/m1/s1. The topological polar surface area (TPSA) is 41.6 Å². The second kappa shape index (κ2) is 6.71. The van der Waals surface area contributed by atoms with Crippen LogP contribution in [0.1, 0.15) is 40.0 Å². The molecule has 0 radical (unpaired) electrons. The van der Waals surface area contributed by atoms with E-state index in [0.717, 1.165) is 26.1 Å². The summed E-state index contributed by atoms with van der Waals surface area (Å²) in [5, 5.41) is 3.10. The van der Waals surface area contributed by atoms with Gasteiger partial charge in [0.1, 0.15) is 0 Å². The van der Waals surface area contributed by atoms with Crippen LogP contribution < -0.4 is 5.32 Å². The molecule has 1 heterocycles. The quantitative estimate of drug-likeness (QED) is 0.763. The summed E-state index contributed by atoms with van der Waals surface area (Å²) in [6.07, 6.45) is 3.90. The predicted octanol–water partition coefficient (Wildman–Crippen LogP) is 1.65. The predicted molar refractivity (Wildman–Crippen MR) is 76.0 cm³/mol. The molecule has 1 saturated heterocycles. The lowest BCUT2D eigenvalue weighted by atomic mass is 9.93. The van der Waals surface area contributed by atoms with E-state index in [1.54, 1.807) is 0 Å². The Labute approximate surface area is 116 Å². The molecule has 2 rings (SSSR count). The number of nitrogens with one attached hydrogen (secondary N) is 1. The van der Waals surface area contributed by atoms with Gasteiger partial charge in [-0.3, -0.25) is 9.69 Å². The third-order valence-electron chi connectivity index (χ3n) is 4.30. The Hall–Kier alpha value is -0.610. The Bertz CT molecular complexity index is 303. The first-order valence-electron chi connectivity index (χ1n) is 7.74. The highest BCUT2D eigenvalue weighted by atomic mass is 16.5. The van der Waals surface area contributed by atoms with E-state index in [9.17, 15) is 4.79 Å². The van der Waals surface area contributed by atoms with E-state index < -0.39 is 0 Å². The molecule has 0 spiro atoms. The van der Waals surface area contributed by atoms with E-state index in [-0.39, 0.29) is 5.91 Å². The molecule has 19 heavy (non-hydrogen) atoms. The van der Waals surface area contributed by atoms with Gasteiger partial charge in [-0.1, -0.05) is 20.8 Å². The summed E-state index contributed by atoms with van der Waals surface area (Å²) in [6, 6.07) is 0.661. The molecule has 2 atom stereocenters. The second-order valence-corrected chi connectivity index (χ2v) is 6.23. The lowest BCUT2D eigenvalue weighted by Crippen LogP contribution is -2.41. The van der Waals surface area contributed by atoms with Crippen molar-refractivity contribution in [3.8, 4) is 0 Å². The molecule has 110 valence electrons. The van der Waals surface area contributed by atoms with Gasteiger partial charge >= 0.3 is 0 Å². The summed E-state index contributed by atoms with van der Waals surface area (Å²) in [6.45, 7) is 9.65. The van der Waals surface area contributed by atoms with Crippen molar-refractivity contribution in [2.45, 2.75) is 52.2 Å². The average Bonchev–Trinajstić information content (AvgIpc) is 3.10. The van der Waals surface area contributed by atoms with E-state index in [4.69, 9.17) is 4.74 Å². The molecule has 1 amide bonds. The molecule has 1 saturated carbocycles. The molecule has 0 bridgehead atoms. The van der Waals surface area contributed by atoms with Gasteiger partial charge in [-0.25, -0.2) is 0 Å². The smallest absolute Gasteiger partial charge is 0.234 e. The van der Waals surface area contributed by atoms with Crippen molar-refractivity contribution in [1.82, 2.24) is 10.2 Å². The van der Waals surface area contributed by atoms with Crippen LogP contribution in [0.4, 0.5) is 0 Å². The molecule has 2 aliphatic rings. The number of rotatable bonds is 7. The van der Waals surface area contributed by atoms with Gasteiger partial charge in [0, 0.05) is 25.1 Å². The lowest BCUT2D eigenvalue weighted by molar-refractivity contribution is -0.122. The maximum atomic E-state index is 12.0. The first-order valence-corrected chi connectivity index (χ1v) is 7.74. The zero-order valence-corrected chi connectivity index (χ0v) is 12.5. The summed E-state index contributed by atoms with van der Waals surface area (Å²) in [5.41, 5.74) is 0. The van der Waals surface area contributed by atoms with Crippen molar-refractivity contribution in [3.63, 3.8) is 0 Å². The fraction of sp³-hybridized carbons (Fsp3) is 0.933. The van der Waals surface area contributed by atoms with Crippen LogP contribution in [-0.2, 0) is 9.53 Å². The minimum absolute atomic E-state index is 0.170. The lowest BCUT2D eigenvalue weighted by Gasteiger charge is -2.23. The normalized spacial score (nSPS) is 27.2. The van der Waals surface area contributed by atoms with Crippen LogP contribution in [0, 0.1) is 11.8 Å². The fourth-order valence-electron chi connectivity index (χ4n) is 3.03. The molecular weight excluding hydrogens is 240 g/mol. The second-order valence-electron chi connectivity index (χ2n) is 6.23. The summed E-state index contributed by atoms with van der Waals surface area (Å²) in [7, 11) is 0. The van der Waals surface area contributed by atoms with Gasteiger partial charge in [-0.2, -0.15) is 0 Å². The van der Waals surface area contributed by atoms with Crippen LogP contribution in [0.5, 0.6) is 0 Å². The first-order chi connectivity index (χ1) is 9.11. The summed E-state index contributed by atoms with van der Waals surface area (Å²) < 4.78 is 5.75. The number of carbonyl (C=O) groups is 1. The largest absolute Gasteiger partial charge is 0.378 e. The fourth-order valence-corrected chi connectivity index (χ4v) is 3.03. The van der Waals surface area contributed by atoms with Crippen molar-refractivity contribution < 1.29 is 9.53 Å². The Morgan fingerprint density at radius 1 is 1.37 bits per heavy atom. The zero-order valence-electron chi connectivity index (χ0n) is 12.5. The third-order valence-corrected chi connectivity index (χ3v) is 4.30. The monoisotopic (exact) mass is 268 g/mol. The maximum Gasteiger partial charge on any atom is 0.234 e. The van der Waals surface area contributed by atoms with Crippen LogP contribution in [0.15, 0.2) is 0 Å². The van der Waals surface area contributed by atoms with Crippen molar-refractivity contribution in [3.05, 3.63) is 0 Å². The molecule has 4 heteroatoms. The molecule has 4 nitrogen and oxygen atoms in total. The van der Waals surface area contributed by atoms with Crippen LogP contribution in [-0.4, -0.2) is 49.2 Å². The molecule has 1 aliphatic heterocycles. The number of likely N-dealkylation sites (N-methyl/N-ethyl adjacent to an activating group) is 1. The first kappa shape index (κ1) is 14.8. The van der Waals surface area contributed by atoms with Gasteiger partial charge in [0.25, 0.3) is 0 Å². The van der Waals surface area contributed by atoms with Crippen LogP contribution in [0.3, 0.4) is 0 Å². The van der Waals surface area contributed by atoms with Gasteiger partial charge in [0.05, 0.1) is 12.6 Å². The van der Waals surface area contributed by atoms with Crippen LogP contribution in [0.25, 0.3) is 0 Å². The van der Waals surface area contributed by atoms with E-state index in [0.29, 0.717) is 30.5 Å². The molecular formula is C15H28N2O2. The molecule has 0 aromatic carbocycles. The van der Waals surface area contributed by atoms with Gasteiger partial charge in [-0.05, 0) is 31.7 Å². The summed E-state index contributed by atoms with van der Waals surface area (Å²) in [4.78, 5) is 14.3. The number of hydrogen-bond acceptors (Lipinski definition) is 3. The molecule has 0 aromatic rings. The number of ether oxygens (including phenoxy) is 1. The Morgan fingerprint density at radius 2 is 2.11 bits per heavy atom. The molecule has 2 fully saturated rings. The van der Waals surface area contributed by atoms with Crippen molar-refractivity contribution in [2.24, 2.45) is 11.8 Å². The van der Waals surface area contributed by atoms with E-state index in [2.05, 4.69) is 31.0 Å². The van der Waals surface area contributed by atoms with E-state index in [1.807, 2.05) is 0 Å². The minimum atomic E-state index is 0.170. The highest BCUT2D eigenvalue weighted by molar-refractivity contribution is 5.78. The Kier molecular flexibility index (Phi) is 5.22. The summed E-state index contributed by atoms with van der Waals surface area (Å²) in [5.74, 6) is 1.19. The van der Waals surface area contributed by atoms with Gasteiger partial charge in [-0.15, -0.1) is 0 Å². The minimum Gasteiger partial charge on any atom is -0.378 e. The number of amides is 1. The SMILES string of the molecule is CCN(CC(=O)NC[C@H]1CCO[C@@H]1C(C)C)C1CC1. The molecule has 0 aromatic heterocycles. The van der Waals surface area contributed by atoms with E-state index >= 15 is 0 Å². The van der Waals surface area contributed by atoms with Crippen LogP contribution in [0.2, 0.25) is 0 Å². The van der Waals surface area contributed by atoms with Crippen molar-refractivity contribution in [1.29, 1.82) is 0 Å². The van der Waals surface area contributed by atoms with Crippen LogP contribution >= 0.6 is 0 Å². The third kappa shape index (κ3) is 4.18. The average molecular weight is 268 g/mol. The zero-order chi connectivity index (χ0) is 13.8. The number of hydrogen-bond donors (Lipinski definition) is 1. The van der Waals surface area contributed by atoms with Gasteiger partial charge in [0.2, 0.25) is 5.91 Å². The van der Waals surface area contributed by atoms with Gasteiger partial charge < -0.3 is 10.1 Å². The Morgan fingerprint density at radius 3 is 2.68 bits per heavy atom. The highest BCUT2D eigenvalue weighted by Gasteiger charge is 2.32. The van der Waals surface area contributed by atoms with Crippen molar-refractivity contribution in [2.75, 3.05) is 26.2 Å². The number of nitrogens with zero attached hydrogens (tertiary/aromatic N) is 1. The molecule has 1 aliphatic carbocycles. The van der Waals surface area contributed by atoms with Gasteiger partial charge in [0.15, 0.2) is 0 Å². The van der Waals surface area contributed by atoms with Crippen molar-refractivity contribution >= 4 is 5.91 Å². The molecule has 1 N–H and O–H groups in total. The maximum absolute atomic E-state index is 12.0. The molecule has 0 unspecified atom stereocenters. The highest BCUT2D eigenvalue weighted by Crippen LogP contribution is 2.27. The Balaban J connectivity index is 1.70. The number of carbonyl (C=O) groups excluding carboxylic acids is 1. The summed E-state index contributed by atoms with van der Waals surface area (Å²) >= 11 is 0. The van der Waals surface area contributed by atoms with E-state index in [1.165, 1.54) is 12.8 Å².